The summed E-state index contributed by atoms with van der Waals surface area (Å²) in [4.78, 5) is 11.9. The molecule has 0 saturated heterocycles. The van der Waals surface area contributed by atoms with Crippen molar-refractivity contribution in [3.05, 3.63) is 11.6 Å². The van der Waals surface area contributed by atoms with Crippen molar-refractivity contribution in [2.75, 3.05) is 6.61 Å². The van der Waals surface area contributed by atoms with E-state index in [0.717, 1.165) is 12.8 Å². The van der Waals surface area contributed by atoms with Crippen LogP contribution >= 0.6 is 0 Å². The van der Waals surface area contributed by atoms with Crippen molar-refractivity contribution in [2.24, 2.45) is 5.92 Å². The van der Waals surface area contributed by atoms with Gasteiger partial charge in [0.2, 0.25) is 0 Å². The lowest BCUT2D eigenvalue weighted by molar-refractivity contribution is -0.146. The molecule has 1 rings (SSSR count). The molecule has 0 bridgehead atoms. The zero-order chi connectivity index (χ0) is 13.9. The van der Waals surface area contributed by atoms with Crippen LogP contribution in [-0.4, -0.2) is 12.6 Å². The predicted octanol–water partition coefficient (Wildman–Crippen LogP) is 5.03. The number of ether oxygens (including phenoxy) is 1. The number of hydrogen-bond acceptors (Lipinski definition) is 2. The van der Waals surface area contributed by atoms with Crippen LogP contribution in [0, 0.1) is 5.92 Å². The molecule has 1 aliphatic carbocycles. The summed E-state index contributed by atoms with van der Waals surface area (Å²) in [6, 6.07) is 0. The molecule has 0 aromatic rings. The molecule has 0 aromatic heterocycles. The van der Waals surface area contributed by atoms with E-state index in [9.17, 15) is 4.79 Å². The fourth-order valence-electron chi connectivity index (χ4n) is 2.74. The van der Waals surface area contributed by atoms with E-state index in [1.165, 1.54) is 56.9 Å². The molecule has 0 radical (unpaired) electrons. The van der Waals surface area contributed by atoms with Gasteiger partial charge in [-0.05, 0) is 39.5 Å². The minimum atomic E-state index is -0.0548. The van der Waals surface area contributed by atoms with Crippen LogP contribution < -0.4 is 0 Å². The van der Waals surface area contributed by atoms with Crippen molar-refractivity contribution in [3.63, 3.8) is 0 Å². The van der Waals surface area contributed by atoms with Gasteiger partial charge in [0.15, 0.2) is 0 Å². The van der Waals surface area contributed by atoms with Crippen molar-refractivity contribution in [3.8, 4) is 0 Å². The van der Waals surface area contributed by atoms with Crippen LogP contribution in [0.4, 0.5) is 0 Å². The van der Waals surface area contributed by atoms with Gasteiger partial charge in [-0.25, -0.2) is 0 Å². The van der Waals surface area contributed by atoms with E-state index in [1.54, 1.807) is 0 Å². The van der Waals surface area contributed by atoms with Crippen LogP contribution in [0.5, 0.6) is 0 Å². The highest BCUT2D eigenvalue weighted by molar-refractivity contribution is 5.75. The zero-order valence-corrected chi connectivity index (χ0v) is 12.7. The molecule has 0 aliphatic heterocycles. The van der Waals surface area contributed by atoms with Gasteiger partial charge in [-0.15, -0.1) is 0 Å². The van der Waals surface area contributed by atoms with Crippen molar-refractivity contribution in [1.82, 2.24) is 0 Å². The molecule has 0 heterocycles. The smallest absolute Gasteiger partial charge is 0.312 e. The molecular formula is C17H30O2. The van der Waals surface area contributed by atoms with E-state index >= 15 is 0 Å². The topological polar surface area (TPSA) is 26.3 Å². The highest BCUT2D eigenvalue weighted by atomic mass is 16.5. The molecule has 0 N–H and O–H groups in total. The third-order valence-corrected chi connectivity index (χ3v) is 4.02. The predicted molar refractivity (Wildman–Crippen MR) is 80.1 cm³/mol. The lowest BCUT2D eigenvalue weighted by Gasteiger charge is -2.16. The highest BCUT2D eigenvalue weighted by Gasteiger charge is 2.18. The van der Waals surface area contributed by atoms with Gasteiger partial charge in [0.25, 0.3) is 0 Å². The van der Waals surface area contributed by atoms with Gasteiger partial charge in [0.05, 0.1) is 12.5 Å². The number of carbonyl (C=O) groups excluding carboxylic acids is 1. The van der Waals surface area contributed by atoms with Crippen LogP contribution in [-0.2, 0) is 9.53 Å². The minimum absolute atomic E-state index is 0.0529. The van der Waals surface area contributed by atoms with Gasteiger partial charge < -0.3 is 4.74 Å². The third kappa shape index (κ3) is 6.79. The van der Waals surface area contributed by atoms with Crippen LogP contribution in [0.1, 0.15) is 78.1 Å². The second-order valence-electron chi connectivity index (χ2n) is 5.62. The molecule has 0 saturated carbocycles. The summed E-state index contributed by atoms with van der Waals surface area (Å²) in [6.45, 7) is 4.35. The Hall–Kier alpha value is -0.790. The summed E-state index contributed by atoms with van der Waals surface area (Å²) in [7, 11) is 0. The molecule has 0 spiro atoms. The van der Waals surface area contributed by atoms with Crippen molar-refractivity contribution in [1.29, 1.82) is 0 Å². The number of carbonyl (C=O) groups is 1. The van der Waals surface area contributed by atoms with E-state index in [2.05, 4.69) is 6.08 Å². The third-order valence-electron chi connectivity index (χ3n) is 4.02. The lowest BCUT2D eigenvalue weighted by Crippen LogP contribution is -2.17. The molecule has 0 aromatic carbocycles. The Balaban J connectivity index is 2.55. The molecule has 0 amide bonds. The molecule has 2 heteroatoms. The largest absolute Gasteiger partial charge is 0.466 e. The Morgan fingerprint density at radius 3 is 2.32 bits per heavy atom. The standard InChI is InChI=1S/C17H30O2/c1-3-19-17(18)15(2)16-13-11-9-7-5-4-6-8-10-12-14-16/h13,15H,3-12,14H2,1-2H3. The normalized spacial score (nSPS) is 20.6. The molecule has 0 fully saturated rings. The molecule has 2 nitrogen and oxygen atoms in total. The second-order valence-corrected chi connectivity index (χ2v) is 5.62. The maximum Gasteiger partial charge on any atom is 0.312 e. The maximum atomic E-state index is 11.9. The monoisotopic (exact) mass is 266 g/mol. The molecule has 1 atom stereocenters. The first-order valence-electron chi connectivity index (χ1n) is 8.11. The van der Waals surface area contributed by atoms with Crippen LogP contribution in [0.15, 0.2) is 11.6 Å². The quantitative estimate of drug-likeness (QED) is 0.529. The van der Waals surface area contributed by atoms with E-state index in [-0.39, 0.29) is 11.9 Å². The number of rotatable bonds is 3. The second kappa shape index (κ2) is 10.1. The molecule has 1 unspecified atom stereocenters. The Morgan fingerprint density at radius 2 is 1.68 bits per heavy atom. The lowest BCUT2D eigenvalue weighted by atomic mass is 9.93. The Labute approximate surface area is 118 Å². The van der Waals surface area contributed by atoms with E-state index in [0.29, 0.717) is 6.61 Å². The first-order chi connectivity index (χ1) is 9.25. The van der Waals surface area contributed by atoms with Crippen molar-refractivity contribution in [2.45, 2.75) is 78.1 Å². The van der Waals surface area contributed by atoms with Crippen LogP contribution in [0.2, 0.25) is 0 Å². The Morgan fingerprint density at radius 1 is 1.11 bits per heavy atom. The van der Waals surface area contributed by atoms with Gasteiger partial charge in [0, 0.05) is 0 Å². The summed E-state index contributed by atoms with van der Waals surface area (Å²) in [5.74, 6) is -0.108. The molecule has 1 aliphatic rings. The van der Waals surface area contributed by atoms with Crippen molar-refractivity contribution >= 4 is 5.97 Å². The molecule has 110 valence electrons. The van der Waals surface area contributed by atoms with E-state index < -0.39 is 0 Å². The van der Waals surface area contributed by atoms with E-state index in [1.807, 2.05) is 13.8 Å². The Kier molecular flexibility index (Phi) is 8.61. The first-order valence-corrected chi connectivity index (χ1v) is 8.11. The summed E-state index contributed by atoms with van der Waals surface area (Å²) in [6.07, 6.45) is 15.1. The van der Waals surface area contributed by atoms with Gasteiger partial charge in [-0.2, -0.15) is 0 Å². The fraction of sp³-hybridized carbons (Fsp3) is 0.824. The summed E-state index contributed by atoms with van der Waals surface area (Å²) < 4.78 is 5.15. The summed E-state index contributed by atoms with van der Waals surface area (Å²) >= 11 is 0. The fourth-order valence-corrected chi connectivity index (χ4v) is 2.74. The summed E-state index contributed by atoms with van der Waals surface area (Å²) in [5, 5.41) is 0. The molecular weight excluding hydrogens is 236 g/mol. The van der Waals surface area contributed by atoms with Crippen LogP contribution in [0.3, 0.4) is 0 Å². The number of allylic oxidation sites excluding steroid dienone is 1. The van der Waals surface area contributed by atoms with Gasteiger partial charge in [-0.1, -0.05) is 50.2 Å². The SMILES string of the molecule is CCOC(=O)C(C)C1=CCCCCCCCCCC1. The molecule has 19 heavy (non-hydrogen) atoms. The summed E-state index contributed by atoms with van der Waals surface area (Å²) in [5.41, 5.74) is 1.30. The van der Waals surface area contributed by atoms with Gasteiger partial charge >= 0.3 is 5.97 Å². The van der Waals surface area contributed by atoms with Crippen LogP contribution in [0.25, 0.3) is 0 Å². The average molecular weight is 266 g/mol. The van der Waals surface area contributed by atoms with Gasteiger partial charge in [-0.3, -0.25) is 4.79 Å². The minimum Gasteiger partial charge on any atom is -0.466 e. The maximum absolute atomic E-state index is 11.9. The van der Waals surface area contributed by atoms with Crippen molar-refractivity contribution < 1.29 is 9.53 Å². The average Bonchev–Trinajstić information content (AvgIpc) is 2.39. The Bertz CT molecular complexity index is 281. The van der Waals surface area contributed by atoms with E-state index in [4.69, 9.17) is 4.74 Å². The first kappa shape index (κ1) is 16.3. The number of hydrogen-bond donors (Lipinski definition) is 0. The zero-order valence-electron chi connectivity index (χ0n) is 12.7. The highest BCUT2D eigenvalue weighted by Crippen LogP contribution is 2.23. The number of esters is 1. The van der Waals surface area contributed by atoms with Gasteiger partial charge in [0.1, 0.15) is 0 Å².